The average molecular weight is 414 g/mol. The maximum Gasteiger partial charge on any atom is 0.276 e. The summed E-state index contributed by atoms with van der Waals surface area (Å²) in [5.74, 6) is -0.179. The number of hydrazine groups is 1. The van der Waals surface area contributed by atoms with Crippen LogP contribution in [-0.2, 0) is 4.79 Å². The fourth-order valence-corrected chi connectivity index (χ4v) is 2.93. The van der Waals surface area contributed by atoms with Crippen molar-refractivity contribution in [3.05, 3.63) is 77.1 Å². The van der Waals surface area contributed by atoms with Crippen molar-refractivity contribution in [1.82, 2.24) is 15.4 Å². The maximum atomic E-state index is 12.5. The SMILES string of the molecule is COc1cc(-n2cccc2)c(Cl)cc1C(=O)NNC(=O)COc1cccc(C)c1. The summed E-state index contributed by atoms with van der Waals surface area (Å²) in [7, 11) is 1.45. The van der Waals surface area contributed by atoms with Crippen molar-refractivity contribution in [3.63, 3.8) is 0 Å². The molecule has 3 rings (SSSR count). The van der Waals surface area contributed by atoms with Crippen LogP contribution in [0, 0.1) is 6.92 Å². The zero-order valence-corrected chi connectivity index (χ0v) is 16.7. The van der Waals surface area contributed by atoms with Gasteiger partial charge in [0.05, 0.1) is 23.4 Å². The number of nitrogens with zero attached hydrogens (tertiary/aromatic N) is 1. The second-order valence-electron chi connectivity index (χ2n) is 6.20. The van der Waals surface area contributed by atoms with E-state index in [1.54, 1.807) is 16.7 Å². The molecule has 1 heterocycles. The molecule has 0 radical (unpaired) electrons. The average Bonchev–Trinajstić information content (AvgIpc) is 3.25. The molecule has 3 aromatic rings. The predicted molar refractivity (Wildman–Crippen MR) is 110 cm³/mol. The minimum Gasteiger partial charge on any atom is -0.496 e. The molecule has 0 aliphatic heterocycles. The molecule has 8 heteroatoms. The molecule has 2 N–H and O–H groups in total. The van der Waals surface area contributed by atoms with E-state index in [9.17, 15) is 9.59 Å². The normalized spacial score (nSPS) is 10.3. The molecule has 0 fully saturated rings. The van der Waals surface area contributed by atoms with Gasteiger partial charge in [-0.2, -0.15) is 0 Å². The first-order chi connectivity index (χ1) is 14.0. The van der Waals surface area contributed by atoms with Crippen LogP contribution in [0.2, 0.25) is 5.02 Å². The number of ether oxygens (including phenoxy) is 2. The van der Waals surface area contributed by atoms with Gasteiger partial charge in [0.1, 0.15) is 11.5 Å². The van der Waals surface area contributed by atoms with Crippen molar-refractivity contribution < 1.29 is 19.1 Å². The quantitative estimate of drug-likeness (QED) is 0.607. The van der Waals surface area contributed by atoms with Gasteiger partial charge in [-0.3, -0.25) is 20.4 Å². The van der Waals surface area contributed by atoms with E-state index in [2.05, 4.69) is 10.9 Å². The highest BCUT2D eigenvalue weighted by molar-refractivity contribution is 6.33. The number of amides is 2. The lowest BCUT2D eigenvalue weighted by Gasteiger charge is -2.14. The molecule has 0 unspecified atom stereocenters. The molecule has 0 atom stereocenters. The van der Waals surface area contributed by atoms with Gasteiger partial charge in [-0.25, -0.2) is 0 Å². The Morgan fingerprint density at radius 3 is 2.52 bits per heavy atom. The zero-order chi connectivity index (χ0) is 20.8. The number of carbonyl (C=O) groups is 2. The molecule has 0 aliphatic carbocycles. The van der Waals surface area contributed by atoms with Crippen molar-refractivity contribution in [2.45, 2.75) is 6.92 Å². The Labute approximate surface area is 173 Å². The number of hydrogen-bond acceptors (Lipinski definition) is 4. The number of aryl methyl sites for hydroxylation is 1. The highest BCUT2D eigenvalue weighted by Gasteiger charge is 2.17. The summed E-state index contributed by atoms with van der Waals surface area (Å²) in [4.78, 5) is 24.4. The van der Waals surface area contributed by atoms with Crippen LogP contribution >= 0.6 is 11.6 Å². The van der Waals surface area contributed by atoms with Gasteiger partial charge in [0.2, 0.25) is 0 Å². The van der Waals surface area contributed by atoms with E-state index in [4.69, 9.17) is 21.1 Å². The summed E-state index contributed by atoms with van der Waals surface area (Å²) in [6, 6.07) is 14.2. The lowest BCUT2D eigenvalue weighted by Crippen LogP contribution is -2.44. The molecule has 0 aliphatic rings. The first-order valence-corrected chi connectivity index (χ1v) is 9.15. The Balaban J connectivity index is 1.62. The van der Waals surface area contributed by atoms with E-state index in [0.717, 1.165) is 5.56 Å². The van der Waals surface area contributed by atoms with Crippen LogP contribution in [0.5, 0.6) is 11.5 Å². The number of aromatic nitrogens is 1. The number of benzene rings is 2. The Bertz CT molecular complexity index is 1020. The number of carbonyl (C=O) groups excluding carboxylic acids is 2. The summed E-state index contributed by atoms with van der Waals surface area (Å²) in [6.07, 6.45) is 3.66. The summed E-state index contributed by atoms with van der Waals surface area (Å²) < 4.78 is 12.5. The minimum atomic E-state index is -0.563. The number of rotatable bonds is 6. The molecular weight excluding hydrogens is 394 g/mol. The topological polar surface area (TPSA) is 81.6 Å². The van der Waals surface area contributed by atoms with E-state index in [1.807, 2.05) is 49.6 Å². The molecule has 29 heavy (non-hydrogen) atoms. The summed E-state index contributed by atoms with van der Waals surface area (Å²) in [5.41, 5.74) is 6.52. The van der Waals surface area contributed by atoms with E-state index in [-0.39, 0.29) is 12.2 Å². The van der Waals surface area contributed by atoms with Crippen molar-refractivity contribution in [2.75, 3.05) is 13.7 Å². The largest absolute Gasteiger partial charge is 0.496 e. The van der Waals surface area contributed by atoms with Gasteiger partial charge in [-0.05, 0) is 42.8 Å². The van der Waals surface area contributed by atoms with Crippen molar-refractivity contribution in [3.8, 4) is 17.2 Å². The third-order valence-corrected chi connectivity index (χ3v) is 4.37. The van der Waals surface area contributed by atoms with E-state index in [0.29, 0.717) is 22.2 Å². The van der Waals surface area contributed by atoms with Crippen LogP contribution < -0.4 is 20.3 Å². The number of halogens is 1. The van der Waals surface area contributed by atoms with Crippen molar-refractivity contribution in [1.29, 1.82) is 0 Å². The highest BCUT2D eigenvalue weighted by Crippen LogP contribution is 2.29. The zero-order valence-electron chi connectivity index (χ0n) is 15.9. The van der Waals surface area contributed by atoms with Gasteiger partial charge in [0.25, 0.3) is 11.8 Å². The molecule has 7 nitrogen and oxygen atoms in total. The Morgan fingerprint density at radius 2 is 1.83 bits per heavy atom. The third-order valence-electron chi connectivity index (χ3n) is 4.07. The van der Waals surface area contributed by atoms with Gasteiger partial charge in [0.15, 0.2) is 6.61 Å². The molecule has 0 bridgehead atoms. The third kappa shape index (κ3) is 5.08. The van der Waals surface area contributed by atoms with Crippen LogP contribution in [0.1, 0.15) is 15.9 Å². The number of methoxy groups -OCH3 is 1. The number of nitrogens with one attached hydrogen (secondary N) is 2. The lowest BCUT2D eigenvalue weighted by atomic mass is 10.1. The van der Waals surface area contributed by atoms with Gasteiger partial charge in [-0.1, -0.05) is 23.7 Å². The first kappa shape index (κ1) is 20.3. The smallest absolute Gasteiger partial charge is 0.276 e. The van der Waals surface area contributed by atoms with Gasteiger partial charge in [-0.15, -0.1) is 0 Å². The molecule has 1 aromatic heterocycles. The fourth-order valence-electron chi connectivity index (χ4n) is 2.67. The van der Waals surface area contributed by atoms with Gasteiger partial charge < -0.3 is 14.0 Å². The van der Waals surface area contributed by atoms with Crippen LogP contribution in [0.25, 0.3) is 5.69 Å². The molecule has 150 valence electrons. The van der Waals surface area contributed by atoms with Crippen LogP contribution in [0.3, 0.4) is 0 Å². The van der Waals surface area contributed by atoms with Gasteiger partial charge in [0, 0.05) is 18.5 Å². The Hall–Kier alpha value is -3.45. The molecular formula is C21H20ClN3O4. The Kier molecular flexibility index (Phi) is 6.41. The monoisotopic (exact) mass is 413 g/mol. The van der Waals surface area contributed by atoms with E-state index < -0.39 is 11.8 Å². The molecule has 2 amide bonds. The molecule has 2 aromatic carbocycles. The van der Waals surface area contributed by atoms with Crippen molar-refractivity contribution in [2.24, 2.45) is 0 Å². The minimum absolute atomic E-state index is 0.188. The van der Waals surface area contributed by atoms with Crippen LogP contribution in [-0.4, -0.2) is 30.1 Å². The molecule has 0 spiro atoms. The summed E-state index contributed by atoms with van der Waals surface area (Å²) >= 11 is 6.32. The predicted octanol–water partition coefficient (Wildman–Crippen LogP) is 3.29. The highest BCUT2D eigenvalue weighted by atomic mass is 35.5. The van der Waals surface area contributed by atoms with E-state index in [1.165, 1.54) is 13.2 Å². The molecule has 0 saturated heterocycles. The van der Waals surface area contributed by atoms with Gasteiger partial charge >= 0.3 is 0 Å². The maximum absolute atomic E-state index is 12.5. The standard InChI is InChI=1S/C21H20ClN3O4/c1-14-6-5-7-15(10-14)29-13-20(26)23-24-21(27)16-11-17(22)18(12-19(16)28-2)25-8-3-4-9-25/h3-12H,13H2,1-2H3,(H,23,26)(H,24,27). The van der Waals surface area contributed by atoms with Crippen LogP contribution in [0.15, 0.2) is 60.9 Å². The Morgan fingerprint density at radius 1 is 1.07 bits per heavy atom. The summed E-state index contributed by atoms with van der Waals surface area (Å²) in [5, 5.41) is 0.362. The number of hydrogen-bond donors (Lipinski definition) is 2. The fraction of sp³-hybridized carbons (Fsp3) is 0.143. The molecule has 0 saturated carbocycles. The second kappa shape index (κ2) is 9.16. The summed E-state index contributed by atoms with van der Waals surface area (Å²) in [6.45, 7) is 1.68. The first-order valence-electron chi connectivity index (χ1n) is 8.77. The lowest BCUT2D eigenvalue weighted by molar-refractivity contribution is -0.123. The van der Waals surface area contributed by atoms with E-state index >= 15 is 0 Å². The second-order valence-corrected chi connectivity index (χ2v) is 6.61. The van der Waals surface area contributed by atoms with Crippen molar-refractivity contribution >= 4 is 23.4 Å². The van der Waals surface area contributed by atoms with Crippen LogP contribution in [0.4, 0.5) is 0 Å².